The molecule has 1 aliphatic heterocycles. The number of cyclic esters (lactones) is 2. The maximum Gasteiger partial charge on any atom is 0.306 e. The quantitative estimate of drug-likeness (QED) is 0.480. The summed E-state index contributed by atoms with van der Waals surface area (Å²) in [6.07, 6.45) is 5.25. The van der Waals surface area contributed by atoms with Crippen molar-refractivity contribution in [3.05, 3.63) is 12.2 Å². The molecule has 2 atom stereocenters. The normalized spacial score (nSPS) is 30.2. The molecule has 17 heavy (non-hydrogen) atoms. The van der Waals surface area contributed by atoms with E-state index in [9.17, 15) is 9.59 Å². The molecule has 1 aliphatic rings. The van der Waals surface area contributed by atoms with E-state index in [0.29, 0.717) is 32.5 Å². The first kappa shape index (κ1) is 13.7. The zero-order valence-corrected chi connectivity index (χ0v) is 10.5. The Morgan fingerprint density at radius 2 is 1.35 bits per heavy atom. The van der Waals surface area contributed by atoms with Crippen molar-refractivity contribution in [3.8, 4) is 0 Å². The zero-order chi connectivity index (χ0) is 12.7. The Bertz CT molecular complexity index is 268. The molecule has 1 heterocycles. The van der Waals surface area contributed by atoms with Crippen LogP contribution < -0.4 is 0 Å². The first-order chi connectivity index (χ1) is 8.08. The third-order valence-corrected chi connectivity index (χ3v) is 2.56. The van der Waals surface area contributed by atoms with Gasteiger partial charge in [-0.1, -0.05) is 26.0 Å². The molecule has 0 amide bonds. The monoisotopic (exact) mass is 240 g/mol. The van der Waals surface area contributed by atoms with E-state index in [0.717, 1.165) is 0 Å². The number of hydrogen-bond acceptors (Lipinski definition) is 4. The molecular formula is C13H20O4. The molecule has 0 saturated carbocycles. The lowest BCUT2D eigenvalue weighted by atomic mass is 10.0. The minimum absolute atomic E-state index is 0.140. The highest BCUT2D eigenvalue weighted by Gasteiger charge is 2.12. The summed E-state index contributed by atoms with van der Waals surface area (Å²) >= 11 is 0. The fourth-order valence-electron chi connectivity index (χ4n) is 1.59. The molecule has 0 aromatic carbocycles. The lowest BCUT2D eigenvalue weighted by Crippen LogP contribution is -2.12. The Labute approximate surface area is 102 Å². The first-order valence-corrected chi connectivity index (χ1v) is 6.07. The van der Waals surface area contributed by atoms with E-state index in [4.69, 9.17) is 9.47 Å². The lowest BCUT2D eigenvalue weighted by molar-refractivity contribution is -0.146. The van der Waals surface area contributed by atoms with Gasteiger partial charge in [0.25, 0.3) is 0 Å². The van der Waals surface area contributed by atoms with Crippen molar-refractivity contribution in [3.63, 3.8) is 0 Å². The molecule has 0 saturated heterocycles. The Morgan fingerprint density at radius 3 is 1.76 bits per heavy atom. The topological polar surface area (TPSA) is 52.6 Å². The van der Waals surface area contributed by atoms with E-state index in [2.05, 4.69) is 0 Å². The van der Waals surface area contributed by atoms with Gasteiger partial charge < -0.3 is 9.47 Å². The van der Waals surface area contributed by atoms with E-state index in [1.807, 2.05) is 26.0 Å². The highest BCUT2D eigenvalue weighted by molar-refractivity contribution is 5.70. The third-order valence-electron chi connectivity index (χ3n) is 2.56. The van der Waals surface area contributed by atoms with Crippen molar-refractivity contribution < 1.29 is 19.1 Å². The number of allylic oxidation sites excluding steroid dienone is 2. The van der Waals surface area contributed by atoms with Crippen molar-refractivity contribution >= 4 is 11.9 Å². The van der Waals surface area contributed by atoms with E-state index in [1.165, 1.54) is 0 Å². The number of ether oxygens (including phenoxy) is 2. The van der Waals surface area contributed by atoms with E-state index in [1.54, 1.807) is 0 Å². The first-order valence-electron chi connectivity index (χ1n) is 6.07. The average Bonchev–Trinajstić information content (AvgIpc) is 2.25. The van der Waals surface area contributed by atoms with E-state index >= 15 is 0 Å². The third kappa shape index (κ3) is 6.09. The molecule has 4 nitrogen and oxygen atoms in total. The average molecular weight is 240 g/mol. The van der Waals surface area contributed by atoms with Crippen LogP contribution in [0.2, 0.25) is 0 Å². The van der Waals surface area contributed by atoms with Crippen LogP contribution in [0.15, 0.2) is 12.2 Å². The second-order valence-electron chi connectivity index (χ2n) is 4.54. The van der Waals surface area contributed by atoms with E-state index in [-0.39, 0.29) is 23.8 Å². The molecule has 0 spiro atoms. The highest BCUT2D eigenvalue weighted by atomic mass is 16.5. The van der Waals surface area contributed by atoms with Gasteiger partial charge in [-0.2, -0.15) is 0 Å². The minimum Gasteiger partial charge on any atom is -0.466 e. The molecule has 0 aromatic heterocycles. The SMILES string of the molecule is C[C@@H]1/C=C/[C@@H](C)CC(=O)OCCCOC(=O)C1. The molecule has 0 unspecified atom stereocenters. The van der Waals surface area contributed by atoms with E-state index < -0.39 is 0 Å². The number of rotatable bonds is 0. The predicted octanol–water partition coefficient (Wildman–Crippen LogP) is 2.09. The Hall–Kier alpha value is -1.32. The number of carbonyl (C=O) groups excluding carboxylic acids is 2. The summed E-state index contributed by atoms with van der Waals surface area (Å²) < 4.78 is 10.0. The van der Waals surface area contributed by atoms with Gasteiger partial charge in [0.05, 0.1) is 26.1 Å². The van der Waals surface area contributed by atoms with Crippen molar-refractivity contribution in [1.82, 2.24) is 0 Å². The fourth-order valence-corrected chi connectivity index (χ4v) is 1.59. The summed E-state index contributed by atoms with van der Waals surface area (Å²) in [5, 5.41) is 0. The molecule has 1 rings (SSSR count). The van der Waals surface area contributed by atoms with Crippen LogP contribution in [0.1, 0.15) is 33.1 Å². The van der Waals surface area contributed by atoms with Crippen molar-refractivity contribution in [2.75, 3.05) is 13.2 Å². The Morgan fingerprint density at radius 1 is 0.941 bits per heavy atom. The van der Waals surface area contributed by atoms with Crippen LogP contribution in [0.25, 0.3) is 0 Å². The fraction of sp³-hybridized carbons (Fsp3) is 0.692. The predicted molar refractivity (Wildman–Crippen MR) is 63.2 cm³/mol. The standard InChI is InChI=1S/C13H20O4/c1-10-4-5-11(2)9-13(15)17-7-3-6-16-12(14)8-10/h4-5,10-11H,3,6-9H2,1-2H3/b5-4+/t10-,11-/m1/s1. The van der Waals surface area contributed by atoms with Crippen molar-refractivity contribution in [2.24, 2.45) is 11.8 Å². The van der Waals surface area contributed by atoms with Crippen LogP contribution in [0.5, 0.6) is 0 Å². The molecule has 0 aliphatic carbocycles. The molecule has 0 radical (unpaired) electrons. The highest BCUT2D eigenvalue weighted by Crippen LogP contribution is 2.11. The molecule has 0 aromatic rings. The van der Waals surface area contributed by atoms with Crippen LogP contribution in [-0.4, -0.2) is 25.2 Å². The largest absolute Gasteiger partial charge is 0.466 e. The summed E-state index contributed by atoms with van der Waals surface area (Å²) in [7, 11) is 0. The summed E-state index contributed by atoms with van der Waals surface area (Å²) in [5.74, 6) is -0.107. The number of esters is 2. The van der Waals surface area contributed by atoms with Gasteiger partial charge in [-0.15, -0.1) is 0 Å². The Balaban J connectivity index is 2.57. The number of carbonyl (C=O) groups is 2. The van der Waals surface area contributed by atoms with Crippen molar-refractivity contribution in [2.45, 2.75) is 33.1 Å². The summed E-state index contributed by atoms with van der Waals surface area (Å²) in [6.45, 7) is 4.56. The van der Waals surface area contributed by atoms with Crippen molar-refractivity contribution in [1.29, 1.82) is 0 Å². The van der Waals surface area contributed by atoms with Crippen LogP contribution in [-0.2, 0) is 19.1 Å². The second-order valence-corrected chi connectivity index (χ2v) is 4.54. The molecule has 0 bridgehead atoms. The molecule has 0 fully saturated rings. The molecule has 0 N–H and O–H groups in total. The molecular weight excluding hydrogens is 220 g/mol. The minimum atomic E-state index is -0.194. The summed E-state index contributed by atoms with van der Waals surface area (Å²) in [5.41, 5.74) is 0. The summed E-state index contributed by atoms with van der Waals surface area (Å²) in [4.78, 5) is 22.8. The smallest absolute Gasteiger partial charge is 0.306 e. The maximum atomic E-state index is 11.4. The van der Waals surface area contributed by atoms with Gasteiger partial charge in [-0.3, -0.25) is 9.59 Å². The molecule has 96 valence electrons. The van der Waals surface area contributed by atoms with Crippen LogP contribution in [0, 0.1) is 11.8 Å². The van der Waals surface area contributed by atoms with Crippen LogP contribution in [0.3, 0.4) is 0 Å². The number of hydrogen-bond donors (Lipinski definition) is 0. The van der Waals surface area contributed by atoms with Gasteiger partial charge in [0, 0.05) is 6.42 Å². The van der Waals surface area contributed by atoms with Crippen LogP contribution >= 0.6 is 0 Å². The lowest BCUT2D eigenvalue weighted by Gasteiger charge is -2.07. The van der Waals surface area contributed by atoms with Gasteiger partial charge in [-0.05, 0) is 11.8 Å². The zero-order valence-electron chi connectivity index (χ0n) is 10.5. The van der Waals surface area contributed by atoms with Gasteiger partial charge in [0.15, 0.2) is 0 Å². The Kier molecular flexibility index (Phi) is 5.73. The van der Waals surface area contributed by atoms with Crippen LogP contribution in [0.4, 0.5) is 0 Å². The van der Waals surface area contributed by atoms with Gasteiger partial charge in [0.2, 0.25) is 0 Å². The molecule has 4 heteroatoms. The van der Waals surface area contributed by atoms with Gasteiger partial charge >= 0.3 is 11.9 Å². The summed E-state index contributed by atoms with van der Waals surface area (Å²) in [6, 6.07) is 0. The maximum absolute atomic E-state index is 11.4. The second kappa shape index (κ2) is 7.09. The van der Waals surface area contributed by atoms with Gasteiger partial charge in [-0.25, -0.2) is 0 Å². The van der Waals surface area contributed by atoms with Gasteiger partial charge in [0.1, 0.15) is 0 Å².